The summed E-state index contributed by atoms with van der Waals surface area (Å²) in [5.41, 5.74) is 0. The third kappa shape index (κ3) is 9.85. The van der Waals surface area contributed by atoms with Crippen LogP contribution in [0.1, 0.15) is 98.3 Å². The lowest BCUT2D eigenvalue weighted by atomic mass is 10.00. The largest absolute Gasteiger partial charge is 0.544 e. The minimum atomic E-state index is -1.43. The summed E-state index contributed by atoms with van der Waals surface area (Å²) < 4.78 is -0.543. The fourth-order valence-corrected chi connectivity index (χ4v) is 4.31. The van der Waals surface area contributed by atoms with Gasteiger partial charge < -0.3 is 20.1 Å². The molecule has 0 aliphatic heterocycles. The normalized spacial score (nSPS) is 16.5. The number of hydrogen-bond acceptors (Lipinski definition) is 4. The zero-order chi connectivity index (χ0) is 23.9. The Morgan fingerprint density at radius 2 is 1.16 bits per heavy atom. The molecule has 31 heavy (non-hydrogen) atoms. The van der Waals surface area contributed by atoms with E-state index in [1.165, 1.54) is 46.5 Å². The zero-order valence-electron chi connectivity index (χ0n) is 19.8. The molecule has 0 saturated heterocycles. The Bertz CT molecular complexity index is 524. The molecule has 0 aliphatic carbocycles. The Morgan fingerprint density at radius 3 is 1.58 bits per heavy atom. The predicted molar refractivity (Wildman–Crippen MR) is 119 cm³/mol. The third-order valence-electron chi connectivity index (χ3n) is 6.51. The number of aliphatic carboxylic acids is 3. The Hall–Kier alpha value is -1.89. The summed E-state index contributed by atoms with van der Waals surface area (Å²) >= 11 is 0. The molecule has 7 nitrogen and oxygen atoms in total. The number of carboxylic acid groups (broad SMARTS) is 3. The number of quaternary nitrogens is 1. The highest BCUT2D eigenvalue weighted by molar-refractivity contribution is 5.76. The van der Waals surface area contributed by atoms with Gasteiger partial charge >= 0.3 is 11.9 Å². The first-order valence-corrected chi connectivity index (χ1v) is 11.8. The molecule has 0 spiro atoms. The number of carbonyl (C=O) groups excluding carboxylic acids is 1. The van der Waals surface area contributed by atoms with Crippen LogP contribution in [-0.4, -0.2) is 57.3 Å². The second-order valence-electron chi connectivity index (χ2n) is 8.62. The summed E-state index contributed by atoms with van der Waals surface area (Å²) in [5.74, 6) is -3.83. The summed E-state index contributed by atoms with van der Waals surface area (Å²) in [6, 6.07) is -3.56. The standard InChI is InChI=1S/C24H43NO6/c1-5-6-7-8-9-10-11-12-13-14-15-16-17-18-25(19(2)22(26)27,20(3)23(28)29)21(4)24(30)31/h7-8,19-21H,5-6,9-18H2,1-4H3,(H2-,26,27,28,29,30,31)/b8-7+. The lowest BCUT2D eigenvalue weighted by Crippen LogP contribution is -2.72. The van der Waals surface area contributed by atoms with Crippen molar-refractivity contribution in [3.8, 4) is 0 Å². The van der Waals surface area contributed by atoms with Crippen LogP contribution in [0.25, 0.3) is 0 Å². The average Bonchev–Trinajstić information content (AvgIpc) is 2.72. The molecule has 0 aromatic carbocycles. The molecule has 0 saturated carbocycles. The van der Waals surface area contributed by atoms with Crippen molar-refractivity contribution in [1.82, 2.24) is 0 Å². The maximum absolute atomic E-state index is 11.7. The lowest BCUT2D eigenvalue weighted by molar-refractivity contribution is -0.969. The summed E-state index contributed by atoms with van der Waals surface area (Å²) in [4.78, 5) is 35.0. The van der Waals surface area contributed by atoms with Crippen LogP contribution in [0.4, 0.5) is 0 Å². The van der Waals surface area contributed by atoms with Crippen LogP contribution in [0.2, 0.25) is 0 Å². The number of unbranched alkanes of at least 4 members (excludes halogenated alkanes) is 9. The fourth-order valence-electron chi connectivity index (χ4n) is 4.31. The number of nitrogens with zero attached hydrogens (tertiary/aromatic N) is 1. The van der Waals surface area contributed by atoms with Gasteiger partial charge in [-0.25, -0.2) is 9.59 Å². The van der Waals surface area contributed by atoms with Gasteiger partial charge in [0.25, 0.3) is 0 Å². The molecule has 0 fully saturated rings. The molecule has 0 amide bonds. The Balaban J connectivity index is 4.60. The van der Waals surface area contributed by atoms with Crippen LogP contribution < -0.4 is 5.11 Å². The first-order chi connectivity index (χ1) is 14.6. The van der Waals surface area contributed by atoms with Crippen molar-refractivity contribution in [3.05, 3.63) is 12.2 Å². The lowest BCUT2D eigenvalue weighted by Gasteiger charge is -2.49. The van der Waals surface area contributed by atoms with E-state index in [1.807, 2.05) is 0 Å². The molecule has 0 radical (unpaired) electrons. The van der Waals surface area contributed by atoms with Crippen LogP contribution in [0.5, 0.6) is 0 Å². The molecule has 0 aromatic heterocycles. The maximum Gasteiger partial charge on any atom is 0.362 e. The van der Waals surface area contributed by atoms with E-state index in [0.717, 1.165) is 38.5 Å². The monoisotopic (exact) mass is 441 g/mol. The van der Waals surface area contributed by atoms with Crippen LogP contribution in [0.15, 0.2) is 12.2 Å². The van der Waals surface area contributed by atoms with Crippen molar-refractivity contribution in [2.75, 3.05) is 6.54 Å². The zero-order valence-corrected chi connectivity index (χ0v) is 19.8. The van der Waals surface area contributed by atoms with Crippen LogP contribution in [-0.2, 0) is 14.4 Å². The molecule has 3 atom stereocenters. The molecular formula is C24H43NO6. The SMILES string of the molecule is CCC/C=C/CCCCCCCCCC[N+](C(C)C(=O)[O-])(C(C)C(=O)O)C(C)C(=O)O. The minimum absolute atomic E-state index is 0.181. The van der Waals surface area contributed by atoms with Crippen molar-refractivity contribution >= 4 is 17.9 Å². The second-order valence-corrected chi connectivity index (χ2v) is 8.62. The first kappa shape index (κ1) is 29.1. The van der Waals surface area contributed by atoms with Gasteiger partial charge in [-0.3, -0.25) is 4.48 Å². The van der Waals surface area contributed by atoms with E-state index in [4.69, 9.17) is 0 Å². The summed E-state index contributed by atoms with van der Waals surface area (Å²) in [6.45, 7) is 6.48. The molecule has 2 N–H and O–H groups in total. The van der Waals surface area contributed by atoms with Crippen LogP contribution >= 0.6 is 0 Å². The summed E-state index contributed by atoms with van der Waals surface area (Å²) in [6.07, 6.45) is 16.2. The average molecular weight is 442 g/mol. The van der Waals surface area contributed by atoms with Gasteiger partial charge in [0.15, 0.2) is 12.1 Å². The topological polar surface area (TPSA) is 115 Å². The number of rotatable bonds is 19. The van der Waals surface area contributed by atoms with Gasteiger partial charge in [0, 0.05) is 0 Å². The highest BCUT2D eigenvalue weighted by Gasteiger charge is 2.50. The number of carboxylic acids is 3. The molecule has 0 heterocycles. The van der Waals surface area contributed by atoms with Crippen LogP contribution in [0.3, 0.4) is 0 Å². The molecule has 180 valence electrons. The van der Waals surface area contributed by atoms with E-state index in [1.54, 1.807) is 0 Å². The fraction of sp³-hybridized carbons (Fsp3) is 0.792. The Morgan fingerprint density at radius 1 is 0.742 bits per heavy atom. The highest BCUT2D eigenvalue weighted by atomic mass is 16.4. The minimum Gasteiger partial charge on any atom is -0.544 e. The molecule has 0 aliphatic rings. The van der Waals surface area contributed by atoms with Crippen LogP contribution in [0, 0.1) is 0 Å². The van der Waals surface area contributed by atoms with E-state index in [2.05, 4.69) is 19.1 Å². The van der Waals surface area contributed by atoms with E-state index in [-0.39, 0.29) is 6.54 Å². The molecular weight excluding hydrogens is 398 g/mol. The van der Waals surface area contributed by atoms with Gasteiger partial charge in [0.1, 0.15) is 6.04 Å². The molecule has 0 aromatic rings. The summed E-state index contributed by atoms with van der Waals surface area (Å²) in [5, 5.41) is 30.7. The highest BCUT2D eigenvalue weighted by Crippen LogP contribution is 2.27. The van der Waals surface area contributed by atoms with E-state index < -0.39 is 40.5 Å². The van der Waals surface area contributed by atoms with Gasteiger partial charge in [0.2, 0.25) is 0 Å². The van der Waals surface area contributed by atoms with E-state index in [0.29, 0.717) is 6.42 Å². The van der Waals surface area contributed by atoms with Gasteiger partial charge in [-0.05, 0) is 52.9 Å². The Kier molecular flexibility index (Phi) is 14.9. The molecule has 3 unspecified atom stereocenters. The van der Waals surface area contributed by atoms with Crippen molar-refractivity contribution in [1.29, 1.82) is 0 Å². The molecule has 0 bridgehead atoms. The van der Waals surface area contributed by atoms with E-state index in [9.17, 15) is 29.7 Å². The van der Waals surface area contributed by atoms with Crippen molar-refractivity contribution in [2.24, 2.45) is 0 Å². The quantitative estimate of drug-likeness (QED) is 0.179. The Labute approximate surface area is 187 Å². The maximum atomic E-state index is 11.7. The van der Waals surface area contributed by atoms with Gasteiger partial charge in [-0.2, -0.15) is 0 Å². The van der Waals surface area contributed by atoms with E-state index >= 15 is 0 Å². The van der Waals surface area contributed by atoms with Crippen molar-refractivity contribution in [3.63, 3.8) is 0 Å². The summed E-state index contributed by atoms with van der Waals surface area (Å²) in [7, 11) is 0. The third-order valence-corrected chi connectivity index (χ3v) is 6.51. The number of hydrogen-bond donors (Lipinski definition) is 2. The second kappa shape index (κ2) is 15.8. The van der Waals surface area contributed by atoms with Gasteiger partial charge in [-0.15, -0.1) is 0 Å². The number of allylic oxidation sites excluding steroid dienone is 2. The van der Waals surface area contributed by atoms with Gasteiger partial charge in [-0.1, -0.05) is 57.6 Å². The number of carbonyl (C=O) groups is 3. The molecule has 0 rings (SSSR count). The first-order valence-electron chi connectivity index (χ1n) is 11.8. The van der Waals surface area contributed by atoms with Crippen molar-refractivity contribution in [2.45, 2.75) is 116 Å². The predicted octanol–water partition coefficient (Wildman–Crippen LogP) is 3.76. The smallest absolute Gasteiger partial charge is 0.362 e. The van der Waals surface area contributed by atoms with Gasteiger partial charge in [0.05, 0.1) is 12.5 Å². The molecule has 7 heteroatoms. The van der Waals surface area contributed by atoms with Crippen molar-refractivity contribution < 1.29 is 34.2 Å².